The van der Waals surface area contributed by atoms with Gasteiger partial charge in [-0.1, -0.05) is 6.58 Å². The molecule has 0 aromatic heterocycles. The fraction of sp³-hybridized carbons (Fsp3) is 0.667. The summed E-state index contributed by atoms with van der Waals surface area (Å²) in [4.78, 5) is 10.7. The van der Waals surface area contributed by atoms with Crippen LogP contribution >= 0.6 is 0 Å². The Kier molecular flexibility index (Phi) is 5.34. The van der Waals surface area contributed by atoms with Crippen LogP contribution < -0.4 is 0 Å². The normalized spacial score (nSPS) is 14.7. The molecule has 0 spiro atoms. The lowest BCUT2D eigenvalue weighted by Gasteiger charge is -2.26. The molecule has 0 aromatic rings. The van der Waals surface area contributed by atoms with E-state index < -0.39 is 11.8 Å². The quantitative estimate of drug-likeness (QED) is 0.356. The maximum absolute atomic E-state index is 10.7. The number of rotatable bonds is 6. The van der Waals surface area contributed by atoms with E-state index in [0.717, 1.165) is 6.08 Å². The Bertz CT molecular complexity index is 178. The van der Waals surface area contributed by atoms with Gasteiger partial charge in [-0.15, -0.1) is 0 Å². The molecule has 4 nitrogen and oxygen atoms in total. The van der Waals surface area contributed by atoms with Crippen molar-refractivity contribution in [3.8, 4) is 0 Å². The minimum atomic E-state index is -0.868. The van der Waals surface area contributed by atoms with Gasteiger partial charge in [0.15, 0.2) is 5.79 Å². The molecule has 0 saturated heterocycles. The minimum absolute atomic E-state index is 0.0577. The lowest BCUT2D eigenvalue weighted by Crippen LogP contribution is -2.37. The molecule has 13 heavy (non-hydrogen) atoms. The third kappa shape index (κ3) is 4.65. The van der Waals surface area contributed by atoms with Crippen LogP contribution in [0.2, 0.25) is 0 Å². The van der Waals surface area contributed by atoms with Crippen molar-refractivity contribution in [1.29, 1.82) is 0 Å². The number of esters is 1. The smallest absolute Gasteiger partial charge is 0.330 e. The molecule has 0 radical (unpaired) electrons. The Morgan fingerprint density at radius 3 is 2.62 bits per heavy atom. The van der Waals surface area contributed by atoms with Crippen molar-refractivity contribution in [3.05, 3.63) is 12.7 Å². The van der Waals surface area contributed by atoms with Crippen molar-refractivity contribution in [2.75, 3.05) is 20.3 Å². The molecule has 4 heteroatoms. The number of methoxy groups -OCH3 is 1. The van der Waals surface area contributed by atoms with E-state index in [-0.39, 0.29) is 6.61 Å². The van der Waals surface area contributed by atoms with Gasteiger partial charge in [0.1, 0.15) is 6.61 Å². The molecule has 0 fully saturated rings. The maximum atomic E-state index is 10.7. The van der Waals surface area contributed by atoms with Gasteiger partial charge in [-0.3, -0.25) is 0 Å². The predicted molar refractivity (Wildman–Crippen MR) is 48.2 cm³/mol. The molecule has 0 aliphatic rings. The van der Waals surface area contributed by atoms with Crippen molar-refractivity contribution in [2.24, 2.45) is 0 Å². The summed E-state index contributed by atoms with van der Waals surface area (Å²) in [6.45, 7) is 7.37. The van der Waals surface area contributed by atoms with Crippen LogP contribution in [-0.4, -0.2) is 32.1 Å². The first-order valence-corrected chi connectivity index (χ1v) is 4.06. The summed E-state index contributed by atoms with van der Waals surface area (Å²) in [5.74, 6) is -1.35. The summed E-state index contributed by atoms with van der Waals surface area (Å²) < 4.78 is 15.1. The second-order valence-electron chi connectivity index (χ2n) is 2.58. The van der Waals surface area contributed by atoms with Gasteiger partial charge in [-0.05, 0) is 13.8 Å². The summed E-state index contributed by atoms with van der Waals surface area (Å²) in [5, 5.41) is 0. The van der Waals surface area contributed by atoms with Crippen LogP contribution in [0.3, 0.4) is 0 Å². The zero-order chi connectivity index (χ0) is 10.3. The van der Waals surface area contributed by atoms with Crippen molar-refractivity contribution in [3.63, 3.8) is 0 Å². The van der Waals surface area contributed by atoms with Crippen molar-refractivity contribution in [2.45, 2.75) is 19.6 Å². The molecule has 1 atom stereocenters. The van der Waals surface area contributed by atoms with E-state index in [2.05, 4.69) is 6.58 Å². The highest BCUT2D eigenvalue weighted by atomic mass is 16.7. The first-order valence-electron chi connectivity index (χ1n) is 4.06. The summed E-state index contributed by atoms with van der Waals surface area (Å²) in [5.41, 5.74) is 0. The maximum Gasteiger partial charge on any atom is 0.330 e. The number of hydrogen-bond acceptors (Lipinski definition) is 4. The average Bonchev–Trinajstić information content (AvgIpc) is 2.15. The van der Waals surface area contributed by atoms with Crippen molar-refractivity contribution >= 4 is 5.97 Å². The lowest BCUT2D eigenvalue weighted by atomic mass is 10.3. The first kappa shape index (κ1) is 12.1. The Labute approximate surface area is 78.5 Å². The molecule has 0 aliphatic heterocycles. The Hall–Kier alpha value is -0.870. The highest BCUT2D eigenvalue weighted by Gasteiger charge is 2.25. The predicted octanol–water partition coefficient (Wildman–Crippen LogP) is 1.11. The second kappa shape index (κ2) is 5.72. The number of carbonyl (C=O) groups excluding carboxylic acids is 1. The third-order valence-electron chi connectivity index (χ3n) is 1.52. The molecule has 0 bridgehead atoms. The molecule has 0 N–H and O–H groups in total. The zero-order valence-electron chi connectivity index (χ0n) is 8.33. The molecule has 0 aromatic carbocycles. The first-order chi connectivity index (χ1) is 6.08. The van der Waals surface area contributed by atoms with E-state index in [9.17, 15) is 4.79 Å². The van der Waals surface area contributed by atoms with Gasteiger partial charge in [0, 0.05) is 19.8 Å². The van der Waals surface area contributed by atoms with Crippen LogP contribution in [0.25, 0.3) is 0 Å². The molecule has 0 saturated carbocycles. The lowest BCUT2D eigenvalue weighted by molar-refractivity contribution is -0.232. The van der Waals surface area contributed by atoms with Gasteiger partial charge >= 0.3 is 5.97 Å². The Morgan fingerprint density at radius 2 is 2.23 bits per heavy atom. The molecule has 0 aliphatic carbocycles. The van der Waals surface area contributed by atoms with E-state index >= 15 is 0 Å². The zero-order valence-corrected chi connectivity index (χ0v) is 8.33. The molecule has 1 unspecified atom stereocenters. The van der Waals surface area contributed by atoms with E-state index in [0.29, 0.717) is 6.61 Å². The highest BCUT2D eigenvalue weighted by molar-refractivity contribution is 5.81. The number of carbonyl (C=O) groups is 1. The van der Waals surface area contributed by atoms with Gasteiger partial charge in [0.05, 0.1) is 0 Å². The van der Waals surface area contributed by atoms with Crippen LogP contribution in [0.15, 0.2) is 12.7 Å². The monoisotopic (exact) mass is 188 g/mol. The molecular formula is C9H16O4. The van der Waals surface area contributed by atoms with E-state index in [1.807, 2.05) is 6.92 Å². The SMILES string of the molecule is C=CC(=O)OCC(C)(OC)OCC. The fourth-order valence-electron chi connectivity index (χ4n) is 0.726. The van der Waals surface area contributed by atoms with Crippen LogP contribution in [0.4, 0.5) is 0 Å². The number of ether oxygens (including phenoxy) is 3. The summed E-state index contributed by atoms with van der Waals surface area (Å²) in [6.07, 6.45) is 1.10. The van der Waals surface area contributed by atoms with Gasteiger partial charge in [-0.25, -0.2) is 4.79 Å². The van der Waals surface area contributed by atoms with Crippen LogP contribution in [-0.2, 0) is 19.0 Å². The van der Waals surface area contributed by atoms with Gasteiger partial charge in [-0.2, -0.15) is 0 Å². The Morgan fingerprint density at radius 1 is 1.62 bits per heavy atom. The van der Waals surface area contributed by atoms with E-state index in [4.69, 9.17) is 14.2 Å². The van der Waals surface area contributed by atoms with Gasteiger partial charge < -0.3 is 14.2 Å². The summed E-state index contributed by atoms with van der Waals surface area (Å²) in [6, 6.07) is 0. The third-order valence-corrected chi connectivity index (χ3v) is 1.52. The van der Waals surface area contributed by atoms with Crippen LogP contribution in [0.1, 0.15) is 13.8 Å². The summed E-state index contributed by atoms with van der Waals surface area (Å²) >= 11 is 0. The van der Waals surface area contributed by atoms with Crippen LogP contribution in [0.5, 0.6) is 0 Å². The van der Waals surface area contributed by atoms with E-state index in [1.165, 1.54) is 7.11 Å². The topological polar surface area (TPSA) is 44.8 Å². The molecule has 0 amide bonds. The number of hydrogen-bond donors (Lipinski definition) is 0. The fourth-order valence-corrected chi connectivity index (χ4v) is 0.726. The van der Waals surface area contributed by atoms with Gasteiger partial charge in [0.25, 0.3) is 0 Å². The Balaban J connectivity index is 3.96. The summed E-state index contributed by atoms with van der Waals surface area (Å²) in [7, 11) is 1.50. The molecule has 0 heterocycles. The highest BCUT2D eigenvalue weighted by Crippen LogP contribution is 2.11. The van der Waals surface area contributed by atoms with E-state index in [1.54, 1.807) is 6.92 Å². The minimum Gasteiger partial charge on any atom is -0.457 e. The van der Waals surface area contributed by atoms with Crippen molar-refractivity contribution < 1.29 is 19.0 Å². The standard InChI is InChI=1S/C9H16O4/c1-5-8(10)12-7-9(3,11-4)13-6-2/h5H,1,6-7H2,2-4H3. The molecule has 0 rings (SSSR count). The van der Waals surface area contributed by atoms with Gasteiger partial charge in [0.2, 0.25) is 0 Å². The van der Waals surface area contributed by atoms with Crippen LogP contribution in [0, 0.1) is 0 Å². The van der Waals surface area contributed by atoms with Crippen molar-refractivity contribution in [1.82, 2.24) is 0 Å². The molecule has 76 valence electrons. The molecular weight excluding hydrogens is 172 g/mol. The average molecular weight is 188 g/mol. The second-order valence-corrected chi connectivity index (χ2v) is 2.58. The largest absolute Gasteiger partial charge is 0.457 e.